The molecule has 2 N–H and O–H groups in total. The van der Waals surface area contributed by atoms with Gasteiger partial charge in [0, 0.05) is 16.2 Å². The van der Waals surface area contributed by atoms with E-state index in [-0.39, 0.29) is 12.5 Å². The molecule has 0 saturated heterocycles. The molecule has 76 valence electrons. The lowest BCUT2D eigenvalue weighted by molar-refractivity contribution is -0.137. The van der Waals surface area contributed by atoms with E-state index < -0.39 is 5.97 Å². The monoisotopic (exact) mass is 257 g/mol. The van der Waals surface area contributed by atoms with E-state index in [1.165, 1.54) is 0 Å². The third-order valence-electron chi connectivity index (χ3n) is 1.74. The van der Waals surface area contributed by atoms with Crippen molar-refractivity contribution in [1.29, 1.82) is 0 Å². The summed E-state index contributed by atoms with van der Waals surface area (Å²) in [6, 6.07) is 7.57. The fourth-order valence-electron chi connectivity index (χ4n) is 1.14. The molecule has 0 aromatic heterocycles. The van der Waals surface area contributed by atoms with Crippen molar-refractivity contribution < 1.29 is 9.90 Å². The Balaban J connectivity index is 2.51. The summed E-state index contributed by atoms with van der Waals surface area (Å²) in [5.74, 6) is -0.790. The molecule has 0 unspecified atom stereocenters. The van der Waals surface area contributed by atoms with E-state index in [0.29, 0.717) is 0 Å². The minimum absolute atomic E-state index is 0.0614. The summed E-state index contributed by atoms with van der Waals surface area (Å²) in [5, 5.41) is 11.7. The Kier molecular flexibility index (Phi) is 3.95. The van der Waals surface area contributed by atoms with Crippen molar-refractivity contribution in [2.45, 2.75) is 19.4 Å². The minimum atomic E-state index is -0.790. The second-order valence-electron chi connectivity index (χ2n) is 3.15. The zero-order valence-electron chi connectivity index (χ0n) is 7.83. The van der Waals surface area contributed by atoms with Crippen LogP contribution in [-0.2, 0) is 4.79 Å². The number of nitrogens with one attached hydrogen (secondary N) is 1. The number of carboxylic acid groups (broad SMARTS) is 1. The maximum Gasteiger partial charge on any atom is 0.305 e. The van der Waals surface area contributed by atoms with Crippen LogP contribution in [0, 0.1) is 0 Å². The number of halogens is 1. The van der Waals surface area contributed by atoms with Crippen LogP contribution < -0.4 is 5.32 Å². The first-order valence-electron chi connectivity index (χ1n) is 4.32. The maximum absolute atomic E-state index is 10.4. The van der Waals surface area contributed by atoms with Crippen molar-refractivity contribution in [2.24, 2.45) is 0 Å². The van der Waals surface area contributed by atoms with Crippen LogP contribution in [0.15, 0.2) is 28.7 Å². The van der Waals surface area contributed by atoms with Gasteiger partial charge >= 0.3 is 5.97 Å². The topological polar surface area (TPSA) is 49.3 Å². The van der Waals surface area contributed by atoms with Crippen molar-refractivity contribution in [3.8, 4) is 0 Å². The number of aliphatic carboxylic acids is 1. The number of hydrogen-bond donors (Lipinski definition) is 2. The Hall–Kier alpha value is -1.03. The van der Waals surface area contributed by atoms with Gasteiger partial charge in [-0.25, -0.2) is 0 Å². The Labute approximate surface area is 91.3 Å². The normalized spacial score (nSPS) is 12.1. The molecule has 0 aliphatic carbocycles. The second-order valence-corrected chi connectivity index (χ2v) is 4.07. The number of benzene rings is 1. The minimum Gasteiger partial charge on any atom is -0.481 e. The van der Waals surface area contributed by atoms with Gasteiger partial charge in [-0.1, -0.05) is 15.9 Å². The summed E-state index contributed by atoms with van der Waals surface area (Å²) in [7, 11) is 0. The molecule has 4 heteroatoms. The molecular formula is C10H12BrNO2. The largest absolute Gasteiger partial charge is 0.481 e. The Bertz CT molecular complexity index is 310. The lowest BCUT2D eigenvalue weighted by Crippen LogP contribution is -2.19. The highest BCUT2D eigenvalue weighted by Crippen LogP contribution is 2.15. The number of anilines is 1. The number of carboxylic acids is 1. The van der Waals surface area contributed by atoms with Crippen LogP contribution in [0.3, 0.4) is 0 Å². The molecule has 0 saturated carbocycles. The zero-order chi connectivity index (χ0) is 10.6. The van der Waals surface area contributed by atoms with Crippen LogP contribution in [-0.4, -0.2) is 17.1 Å². The Morgan fingerprint density at radius 1 is 1.50 bits per heavy atom. The fourth-order valence-corrected chi connectivity index (χ4v) is 1.41. The fraction of sp³-hybridized carbons (Fsp3) is 0.300. The summed E-state index contributed by atoms with van der Waals surface area (Å²) in [4.78, 5) is 10.4. The molecule has 3 nitrogen and oxygen atoms in total. The Morgan fingerprint density at radius 3 is 2.57 bits per heavy atom. The predicted molar refractivity (Wildman–Crippen MR) is 59.5 cm³/mol. The lowest BCUT2D eigenvalue weighted by atomic mass is 10.2. The van der Waals surface area contributed by atoms with E-state index in [1.54, 1.807) is 0 Å². The van der Waals surface area contributed by atoms with Gasteiger partial charge in [0.2, 0.25) is 0 Å². The van der Waals surface area contributed by atoms with Crippen LogP contribution >= 0.6 is 15.9 Å². The molecule has 1 atom stereocenters. The highest BCUT2D eigenvalue weighted by atomic mass is 79.9. The van der Waals surface area contributed by atoms with Crippen LogP contribution in [0.4, 0.5) is 5.69 Å². The average Bonchev–Trinajstić information content (AvgIpc) is 2.07. The van der Waals surface area contributed by atoms with E-state index in [2.05, 4.69) is 21.2 Å². The first-order chi connectivity index (χ1) is 6.58. The molecular weight excluding hydrogens is 246 g/mol. The van der Waals surface area contributed by atoms with Gasteiger partial charge in [-0.2, -0.15) is 0 Å². The number of carbonyl (C=O) groups is 1. The smallest absolute Gasteiger partial charge is 0.305 e. The van der Waals surface area contributed by atoms with E-state index in [1.807, 2.05) is 31.2 Å². The molecule has 0 aliphatic heterocycles. The third kappa shape index (κ3) is 3.79. The standard InChI is InChI=1S/C10H12BrNO2/c1-7(6-10(13)14)12-9-4-2-8(11)3-5-9/h2-5,7,12H,6H2,1H3,(H,13,14)/t7-/m0/s1. The van der Waals surface area contributed by atoms with Gasteiger partial charge in [-0.3, -0.25) is 4.79 Å². The van der Waals surface area contributed by atoms with Crippen molar-refractivity contribution in [3.63, 3.8) is 0 Å². The number of rotatable bonds is 4. The van der Waals surface area contributed by atoms with Gasteiger partial charge < -0.3 is 10.4 Å². The zero-order valence-corrected chi connectivity index (χ0v) is 9.41. The second kappa shape index (κ2) is 5.00. The predicted octanol–water partition coefficient (Wildman–Crippen LogP) is 2.72. The molecule has 0 radical (unpaired) electrons. The van der Waals surface area contributed by atoms with Crippen LogP contribution in [0.2, 0.25) is 0 Å². The summed E-state index contributed by atoms with van der Waals surface area (Å²) < 4.78 is 1.01. The number of hydrogen-bond acceptors (Lipinski definition) is 2. The Morgan fingerprint density at radius 2 is 2.07 bits per heavy atom. The van der Waals surface area contributed by atoms with Crippen molar-refractivity contribution in [1.82, 2.24) is 0 Å². The highest BCUT2D eigenvalue weighted by molar-refractivity contribution is 9.10. The van der Waals surface area contributed by atoms with Crippen molar-refractivity contribution >= 4 is 27.6 Å². The first-order valence-corrected chi connectivity index (χ1v) is 5.11. The highest BCUT2D eigenvalue weighted by Gasteiger charge is 2.06. The maximum atomic E-state index is 10.4. The summed E-state index contributed by atoms with van der Waals surface area (Å²) in [5.41, 5.74) is 0.932. The summed E-state index contributed by atoms with van der Waals surface area (Å²) in [6.45, 7) is 1.84. The first kappa shape index (κ1) is 11.0. The lowest BCUT2D eigenvalue weighted by Gasteiger charge is -2.12. The molecule has 0 fully saturated rings. The molecule has 0 spiro atoms. The molecule has 0 heterocycles. The molecule has 0 bridgehead atoms. The van der Waals surface area contributed by atoms with E-state index in [9.17, 15) is 4.79 Å². The third-order valence-corrected chi connectivity index (χ3v) is 2.27. The van der Waals surface area contributed by atoms with Crippen molar-refractivity contribution in [2.75, 3.05) is 5.32 Å². The van der Waals surface area contributed by atoms with Gasteiger partial charge in [-0.15, -0.1) is 0 Å². The van der Waals surface area contributed by atoms with Crippen LogP contribution in [0.5, 0.6) is 0 Å². The van der Waals surface area contributed by atoms with Gasteiger partial charge in [0.1, 0.15) is 0 Å². The van der Waals surface area contributed by atoms with Gasteiger partial charge in [0.25, 0.3) is 0 Å². The van der Waals surface area contributed by atoms with E-state index in [0.717, 1.165) is 10.2 Å². The van der Waals surface area contributed by atoms with Crippen LogP contribution in [0.25, 0.3) is 0 Å². The SMILES string of the molecule is C[C@@H](CC(=O)O)Nc1ccc(Br)cc1. The summed E-state index contributed by atoms with van der Waals surface area (Å²) >= 11 is 3.33. The van der Waals surface area contributed by atoms with Gasteiger partial charge in [0.05, 0.1) is 6.42 Å². The van der Waals surface area contributed by atoms with Crippen LogP contribution in [0.1, 0.15) is 13.3 Å². The average molecular weight is 258 g/mol. The van der Waals surface area contributed by atoms with E-state index >= 15 is 0 Å². The summed E-state index contributed by atoms with van der Waals surface area (Å²) in [6.07, 6.45) is 0.121. The molecule has 14 heavy (non-hydrogen) atoms. The van der Waals surface area contributed by atoms with E-state index in [4.69, 9.17) is 5.11 Å². The molecule has 1 aromatic rings. The molecule has 0 amide bonds. The molecule has 0 aliphatic rings. The molecule has 1 rings (SSSR count). The van der Waals surface area contributed by atoms with Crippen molar-refractivity contribution in [3.05, 3.63) is 28.7 Å². The van der Waals surface area contributed by atoms with Gasteiger partial charge in [0.15, 0.2) is 0 Å². The molecule has 1 aromatic carbocycles. The van der Waals surface area contributed by atoms with Gasteiger partial charge in [-0.05, 0) is 31.2 Å². The quantitative estimate of drug-likeness (QED) is 0.872.